The van der Waals surface area contributed by atoms with Crippen LogP contribution in [-0.2, 0) is 36.8 Å². The predicted molar refractivity (Wildman–Crippen MR) is 193 cm³/mol. The first kappa shape index (κ1) is 38.4. The molecule has 2 aliphatic rings. The van der Waals surface area contributed by atoms with Crippen LogP contribution in [0.2, 0.25) is 10.0 Å². The van der Waals surface area contributed by atoms with Crippen LogP contribution in [-0.4, -0.2) is 67.9 Å². The molecule has 0 aliphatic carbocycles. The molecule has 53 heavy (non-hydrogen) atoms. The number of hydrogen-bond acceptors (Lipinski definition) is 10. The van der Waals surface area contributed by atoms with Gasteiger partial charge in [-0.1, -0.05) is 53.5 Å². The van der Waals surface area contributed by atoms with E-state index < -0.39 is 52.4 Å². The number of likely N-dealkylation sites (N-methyl/N-ethyl adjacent to an activating group) is 1. The maximum Gasteiger partial charge on any atom is 0.333 e. The van der Waals surface area contributed by atoms with E-state index in [0.29, 0.717) is 16.9 Å². The SMILES string of the molecule is COC(=O)[C@H](NC(=O)[C@H]1Cc2ccc(c([N+](=O)[O-])c2)Oc2cccc(c2)CC(=O)N[C@@H](c2cc(Cl)c(OC)c(Cl)c2)C(=O)N1C)c1ccc(OC)cc1. The van der Waals surface area contributed by atoms with Gasteiger partial charge in [0.2, 0.25) is 23.5 Å². The Labute approximate surface area is 314 Å². The van der Waals surface area contributed by atoms with E-state index in [1.165, 1.54) is 51.6 Å². The lowest BCUT2D eigenvalue weighted by molar-refractivity contribution is -0.385. The lowest BCUT2D eigenvalue weighted by Crippen LogP contribution is -2.53. The summed E-state index contributed by atoms with van der Waals surface area (Å²) in [7, 11) is 5.33. The monoisotopic (exact) mass is 764 g/mol. The van der Waals surface area contributed by atoms with Crippen LogP contribution in [0.25, 0.3) is 0 Å². The van der Waals surface area contributed by atoms with Crippen molar-refractivity contribution in [1.29, 1.82) is 0 Å². The van der Waals surface area contributed by atoms with Crippen LogP contribution in [0.1, 0.15) is 34.3 Å². The molecule has 2 aliphatic heterocycles. The van der Waals surface area contributed by atoms with Crippen molar-refractivity contribution in [1.82, 2.24) is 15.5 Å². The van der Waals surface area contributed by atoms with Crippen LogP contribution < -0.4 is 24.8 Å². The molecule has 4 aromatic carbocycles. The summed E-state index contributed by atoms with van der Waals surface area (Å²) in [6.07, 6.45) is -0.498. The van der Waals surface area contributed by atoms with Gasteiger partial charge in [0.25, 0.3) is 0 Å². The van der Waals surface area contributed by atoms with Crippen LogP contribution >= 0.6 is 23.2 Å². The Hall–Kier alpha value is -5.86. The van der Waals surface area contributed by atoms with Gasteiger partial charge in [-0.2, -0.15) is 0 Å². The third-order valence-corrected chi connectivity index (χ3v) is 9.10. The van der Waals surface area contributed by atoms with Crippen molar-refractivity contribution >= 4 is 52.6 Å². The fraction of sp³-hybridized carbons (Fsp3) is 0.243. The smallest absolute Gasteiger partial charge is 0.333 e. The number of amides is 3. The molecule has 3 atom stereocenters. The van der Waals surface area contributed by atoms with E-state index in [2.05, 4.69) is 10.6 Å². The second-order valence-corrected chi connectivity index (χ2v) is 12.7. The minimum Gasteiger partial charge on any atom is -0.497 e. The first-order valence-electron chi connectivity index (χ1n) is 16.0. The van der Waals surface area contributed by atoms with Crippen LogP contribution in [0.5, 0.6) is 23.0 Å². The number of nitro groups is 1. The number of fused-ring (bicyclic) bond motifs is 9. The zero-order valence-corrected chi connectivity index (χ0v) is 30.4. The molecule has 0 saturated carbocycles. The van der Waals surface area contributed by atoms with Crippen LogP contribution in [0.3, 0.4) is 0 Å². The van der Waals surface area contributed by atoms with Crippen molar-refractivity contribution in [2.75, 3.05) is 28.4 Å². The molecule has 16 heteroatoms. The molecule has 3 amide bonds. The largest absolute Gasteiger partial charge is 0.497 e. The molecule has 0 saturated heterocycles. The summed E-state index contributed by atoms with van der Waals surface area (Å²) in [5, 5.41) is 17.8. The van der Waals surface area contributed by atoms with Gasteiger partial charge in [-0.3, -0.25) is 24.5 Å². The second kappa shape index (κ2) is 16.7. The number of nitro benzene ring substituents is 1. The molecular weight excluding hydrogens is 731 g/mol. The Morgan fingerprint density at radius 2 is 1.66 bits per heavy atom. The molecule has 4 bridgehead atoms. The number of benzene rings is 4. The van der Waals surface area contributed by atoms with E-state index >= 15 is 0 Å². The molecular formula is C37H34Cl2N4O10. The van der Waals surface area contributed by atoms with Gasteiger partial charge >= 0.3 is 11.7 Å². The Balaban J connectivity index is 1.64. The average Bonchev–Trinajstić information content (AvgIpc) is 3.14. The Morgan fingerprint density at radius 3 is 2.28 bits per heavy atom. The third-order valence-electron chi connectivity index (χ3n) is 8.54. The summed E-state index contributed by atoms with van der Waals surface area (Å²) in [5.41, 5.74) is 0.869. The number of carbonyl (C=O) groups is 4. The standard InChI is InChI=1S/C37H34Cl2N4O10/c1-42-29(35(45)41-33(37(47)52-4)22-9-11-24(50-2)12-10-22)16-21-8-13-30(28(15-21)43(48)49)53-25-7-5-6-20(14-25)17-31(44)40-32(36(42)46)23-18-26(38)34(51-3)27(39)19-23/h5-15,18-19,29,32-33H,16-17H2,1-4H3,(H,40,44)(H,41,45)/t29-,32+,33-/m1/s1. The van der Waals surface area contributed by atoms with E-state index in [0.717, 1.165) is 12.0 Å². The first-order valence-corrected chi connectivity index (χ1v) is 16.7. The maximum absolute atomic E-state index is 14.6. The highest BCUT2D eigenvalue weighted by Crippen LogP contribution is 2.37. The van der Waals surface area contributed by atoms with Gasteiger partial charge in [0.05, 0.1) is 42.7 Å². The van der Waals surface area contributed by atoms with Crippen LogP contribution in [0.4, 0.5) is 5.69 Å². The fourth-order valence-corrected chi connectivity index (χ4v) is 6.47. The van der Waals surface area contributed by atoms with Crippen molar-refractivity contribution in [3.63, 3.8) is 0 Å². The summed E-state index contributed by atoms with van der Waals surface area (Å²) < 4.78 is 21.4. The summed E-state index contributed by atoms with van der Waals surface area (Å²) in [4.78, 5) is 68.2. The quantitative estimate of drug-likeness (QED) is 0.132. The van der Waals surface area contributed by atoms with Crippen molar-refractivity contribution in [3.8, 4) is 23.0 Å². The molecule has 6 rings (SSSR count). The van der Waals surface area contributed by atoms with E-state index in [1.54, 1.807) is 48.5 Å². The van der Waals surface area contributed by atoms with Crippen molar-refractivity contribution in [2.24, 2.45) is 0 Å². The zero-order valence-electron chi connectivity index (χ0n) is 28.9. The minimum absolute atomic E-state index is 0.0544. The Bertz CT molecular complexity index is 2040. The van der Waals surface area contributed by atoms with Gasteiger partial charge < -0.3 is 34.5 Å². The number of esters is 1. The number of halogens is 2. The number of rotatable bonds is 8. The van der Waals surface area contributed by atoms with Gasteiger partial charge in [0.1, 0.15) is 23.6 Å². The third kappa shape index (κ3) is 8.79. The lowest BCUT2D eigenvalue weighted by Gasteiger charge is -2.32. The molecule has 276 valence electrons. The highest BCUT2D eigenvalue weighted by atomic mass is 35.5. The van der Waals surface area contributed by atoms with Gasteiger partial charge in [-0.05, 0) is 64.7 Å². The summed E-state index contributed by atoms with van der Waals surface area (Å²) in [6, 6.07) is 15.5. The summed E-state index contributed by atoms with van der Waals surface area (Å²) in [6.45, 7) is 0. The van der Waals surface area contributed by atoms with E-state index in [4.69, 9.17) is 42.1 Å². The predicted octanol–water partition coefficient (Wildman–Crippen LogP) is 5.52. The van der Waals surface area contributed by atoms with E-state index in [1.807, 2.05) is 0 Å². The number of hydrogen-bond donors (Lipinski definition) is 2. The van der Waals surface area contributed by atoms with Crippen molar-refractivity contribution in [3.05, 3.63) is 121 Å². The summed E-state index contributed by atoms with van der Waals surface area (Å²) in [5.74, 6) is -2.21. The molecule has 2 heterocycles. The summed E-state index contributed by atoms with van der Waals surface area (Å²) >= 11 is 12.9. The number of ether oxygens (including phenoxy) is 4. The van der Waals surface area contributed by atoms with E-state index in [-0.39, 0.29) is 51.3 Å². The lowest BCUT2D eigenvalue weighted by atomic mass is 9.99. The fourth-order valence-electron chi connectivity index (χ4n) is 5.81. The van der Waals surface area contributed by atoms with Gasteiger partial charge in [-0.15, -0.1) is 0 Å². The van der Waals surface area contributed by atoms with E-state index in [9.17, 15) is 29.3 Å². The molecule has 0 unspecified atom stereocenters. The normalized spacial score (nSPS) is 16.5. The minimum atomic E-state index is -1.44. The Morgan fingerprint density at radius 1 is 0.962 bits per heavy atom. The van der Waals surface area contributed by atoms with Crippen molar-refractivity contribution in [2.45, 2.75) is 31.0 Å². The van der Waals surface area contributed by atoms with Gasteiger partial charge in [-0.25, -0.2) is 4.79 Å². The highest BCUT2D eigenvalue weighted by Gasteiger charge is 2.36. The molecule has 4 aromatic rings. The Kier molecular flexibility index (Phi) is 12.1. The molecule has 14 nitrogen and oxygen atoms in total. The molecule has 0 fully saturated rings. The topological polar surface area (TPSA) is 176 Å². The zero-order chi connectivity index (χ0) is 38.4. The average molecular weight is 766 g/mol. The van der Waals surface area contributed by atoms with Crippen LogP contribution in [0, 0.1) is 10.1 Å². The van der Waals surface area contributed by atoms with Gasteiger partial charge in [0.15, 0.2) is 11.8 Å². The number of methoxy groups -OCH3 is 3. The molecule has 2 N–H and O–H groups in total. The molecule has 0 radical (unpaired) electrons. The van der Waals surface area contributed by atoms with Crippen molar-refractivity contribution < 1.29 is 43.0 Å². The first-order chi connectivity index (χ1) is 25.3. The highest BCUT2D eigenvalue weighted by molar-refractivity contribution is 6.37. The van der Waals surface area contributed by atoms with Gasteiger partial charge in [0, 0.05) is 19.5 Å². The molecule has 0 aromatic heterocycles. The van der Waals surface area contributed by atoms with Crippen LogP contribution in [0.15, 0.2) is 78.9 Å². The number of nitrogens with zero attached hydrogens (tertiary/aromatic N) is 2. The number of nitrogens with one attached hydrogen (secondary N) is 2. The maximum atomic E-state index is 14.6. The molecule has 0 spiro atoms. The number of carbonyl (C=O) groups excluding carboxylic acids is 4. The second-order valence-electron chi connectivity index (χ2n) is 11.9.